The van der Waals surface area contributed by atoms with Crippen molar-refractivity contribution in [2.24, 2.45) is 0 Å². The van der Waals surface area contributed by atoms with Crippen LogP contribution >= 0.6 is 0 Å². The lowest BCUT2D eigenvalue weighted by molar-refractivity contribution is 0.0746. The number of aromatic nitrogens is 4. The molecule has 0 saturated carbocycles. The summed E-state index contributed by atoms with van der Waals surface area (Å²) in [6, 6.07) is 7.39. The molecule has 4 rings (SSSR count). The first kappa shape index (κ1) is 18.1. The van der Waals surface area contributed by atoms with E-state index < -0.39 is 0 Å². The number of carbonyl (C=O) groups excluding carboxylic acids is 1. The Kier molecular flexibility index (Phi) is 5.01. The molecule has 0 bridgehead atoms. The molecule has 28 heavy (non-hydrogen) atoms. The number of rotatable bonds is 4. The number of nitrogens with zero attached hydrogens (tertiary/aromatic N) is 6. The van der Waals surface area contributed by atoms with E-state index in [2.05, 4.69) is 25.0 Å². The van der Waals surface area contributed by atoms with Crippen LogP contribution < -0.4 is 4.90 Å². The van der Waals surface area contributed by atoms with Crippen LogP contribution in [0.3, 0.4) is 0 Å². The molecule has 1 amide bonds. The summed E-state index contributed by atoms with van der Waals surface area (Å²) in [6.45, 7) is 6.75. The Labute approximate surface area is 163 Å². The van der Waals surface area contributed by atoms with Crippen molar-refractivity contribution in [1.29, 1.82) is 0 Å². The molecule has 0 N–H and O–H groups in total. The monoisotopic (exact) mass is 378 g/mol. The number of carbonyl (C=O) groups is 1. The topological polar surface area (TPSA) is 88.3 Å². The van der Waals surface area contributed by atoms with Crippen molar-refractivity contribution in [3.8, 4) is 11.5 Å². The third kappa shape index (κ3) is 3.71. The lowest BCUT2D eigenvalue weighted by Gasteiger charge is -2.35. The molecular formula is C20H22N6O2. The minimum Gasteiger partial charge on any atom is -0.353 e. The third-order valence-electron chi connectivity index (χ3n) is 4.75. The predicted molar refractivity (Wildman–Crippen MR) is 104 cm³/mol. The lowest BCUT2D eigenvalue weighted by atomic mass is 10.2. The smallest absolute Gasteiger partial charge is 0.258 e. The van der Waals surface area contributed by atoms with E-state index in [1.54, 1.807) is 30.7 Å². The Morgan fingerprint density at radius 1 is 1.14 bits per heavy atom. The Morgan fingerprint density at radius 3 is 2.64 bits per heavy atom. The van der Waals surface area contributed by atoms with E-state index in [0.29, 0.717) is 43.5 Å². The molecule has 0 aliphatic carbocycles. The zero-order chi connectivity index (χ0) is 19.5. The number of hydrogen-bond donors (Lipinski definition) is 0. The van der Waals surface area contributed by atoms with Gasteiger partial charge in [-0.15, -0.1) is 0 Å². The highest BCUT2D eigenvalue weighted by molar-refractivity contribution is 5.94. The maximum Gasteiger partial charge on any atom is 0.258 e. The van der Waals surface area contributed by atoms with Crippen molar-refractivity contribution in [1.82, 2.24) is 25.0 Å². The van der Waals surface area contributed by atoms with Gasteiger partial charge in [0.15, 0.2) is 5.82 Å². The molecular weight excluding hydrogens is 356 g/mol. The van der Waals surface area contributed by atoms with E-state index in [1.165, 1.54) is 0 Å². The summed E-state index contributed by atoms with van der Waals surface area (Å²) in [7, 11) is 0. The molecule has 4 heterocycles. The maximum absolute atomic E-state index is 12.6. The van der Waals surface area contributed by atoms with Crippen molar-refractivity contribution in [2.75, 3.05) is 31.1 Å². The van der Waals surface area contributed by atoms with Gasteiger partial charge in [0.2, 0.25) is 0 Å². The summed E-state index contributed by atoms with van der Waals surface area (Å²) in [4.78, 5) is 29.5. The molecule has 8 heteroatoms. The van der Waals surface area contributed by atoms with Crippen molar-refractivity contribution in [3.05, 3.63) is 54.2 Å². The van der Waals surface area contributed by atoms with E-state index in [9.17, 15) is 4.79 Å². The lowest BCUT2D eigenvalue weighted by Crippen LogP contribution is -2.49. The summed E-state index contributed by atoms with van der Waals surface area (Å²) in [5.74, 6) is 2.26. The number of hydrogen-bond acceptors (Lipinski definition) is 7. The second-order valence-corrected chi connectivity index (χ2v) is 7.04. The summed E-state index contributed by atoms with van der Waals surface area (Å²) < 4.78 is 5.39. The molecule has 3 aromatic heterocycles. The average Bonchev–Trinajstić information content (AvgIpc) is 3.25. The molecule has 1 aliphatic rings. The van der Waals surface area contributed by atoms with Gasteiger partial charge in [-0.25, -0.2) is 4.98 Å². The molecule has 3 aromatic rings. The molecule has 0 unspecified atom stereocenters. The highest BCUT2D eigenvalue weighted by Gasteiger charge is 2.23. The zero-order valence-corrected chi connectivity index (χ0v) is 15.9. The number of anilines is 1. The standard InChI is InChI=1S/C20H22N6O2/c1-14(2)18-23-19(28-24-18)15-5-7-22-17(12-15)25-8-10-26(11-9-25)20(27)16-4-3-6-21-13-16/h3-7,12-14H,8-11H2,1-2H3. The van der Waals surface area contributed by atoms with Crippen LogP contribution in [0, 0.1) is 0 Å². The fourth-order valence-corrected chi connectivity index (χ4v) is 3.12. The van der Waals surface area contributed by atoms with Crippen LogP contribution in [0.1, 0.15) is 35.9 Å². The molecule has 8 nitrogen and oxygen atoms in total. The van der Waals surface area contributed by atoms with Crippen molar-refractivity contribution >= 4 is 11.7 Å². The fraction of sp³-hybridized carbons (Fsp3) is 0.350. The van der Waals surface area contributed by atoms with Crippen LogP contribution in [0.5, 0.6) is 0 Å². The third-order valence-corrected chi connectivity index (χ3v) is 4.75. The summed E-state index contributed by atoms with van der Waals surface area (Å²) in [5.41, 5.74) is 1.46. The quantitative estimate of drug-likeness (QED) is 0.689. The second-order valence-electron chi connectivity index (χ2n) is 7.04. The first-order valence-corrected chi connectivity index (χ1v) is 9.36. The molecule has 0 aromatic carbocycles. The van der Waals surface area contributed by atoms with E-state index in [1.807, 2.05) is 30.9 Å². The largest absolute Gasteiger partial charge is 0.353 e. The molecule has 1 aliphatic heterocycles. The second kappa shape index (κ2) is 7.75. The summed E-state index contributed by atoms with van der Waals surface area (Å²) in [5, 5.41) is 4.02. The Morgan fingerprint density at radius 2 is 1.96 bits per heavy atom. The minimum atomic E-state index is 0.0153. The van der Waals surface area contributed by atoms with Gasteiger partial charge in [0.25, 0.3) is 11.8 Å². The Hall–Kier alpha value is -3.29. The first-order valence-electron chi connectivity index (χ1n) is 9.36. The molecule has 144 valence electrons. The van der Waals surface area contributed by atoms with Gasteiger partial charge in [0.1, 0.15) is 5.82 Å². The van der Waals surface area contributed by atoms with Crippen LogP contribution in [0.2, 0.25) is 0 Å². The number of pyridine rings is 2. The Bertz CT molecular complexity index is 948. The summed E-state index contributed by atoms with van der Waals surface area (Å²) in [6.07, 6.45) is 5.02. The molecule has 0 radical (unpaired) electrons. The molecule has 1 fully saturated rings. The SMILES string of the molecule is CC(C)c1noc(-c2ccnc(N3CCN(C(=O)c4cccnc4)CC3)c2)n1. The van der Waals surface area contributed by atoms with Gasteiger partial charge < -0.3 is 14.3 Å². The maximum atomic E-state index is 12.6. The van der Waals surface area contributed by atoms with Crippen LogP contribution in [0.25, 0.3) is 11.5 Å². The van der Waals surface area contributed by atoms with Gasteiger partial charge in [-0.1, -0.05) is 19.0 Å². The van der Waals surface area contributed by atoms with E-state index in [4.69, 9.17) is 4.52 Å². The van der Waals surface area contributed by atoms with Gasteiger partial charge in [0, 0.05) is 56.3 Å². The van der Waals surface area contributed by atoms with Gasteiger partial charge in [-0.05, 0) is 24.3 Å². The number of piperazine rings is 1. The Balaban J connectivity index is 1.44. The number of amides is 1. The van der Waals surface area contributed by atoms with Crippen molar-refractivity contribution < 1.29 is 9.32 Å². The van der Waals surface area contributed by atoms with E-state index >= 15 is 0 Å². The van der Waals surface area contributed by atoms with Gasteiger partial charge in [-0.3, -0.25) is 9.78 Å². The highest BCUT2D eigenvalue weighted by atomic mass is 16.5. The average molecular weight is 378 g/mol. The predicted octanol–water partition coefficient (Wildman–Crippen LogP) is 2.61. The normalized spacial score (nSPS) is 14.5. The van der Waals surface area contributed by atoms with Crippen LogP contribution in [-0.4, -0.2) is 57.1 Å². The van der Waals surface area contributed by atoms with E-state index in [-0.39, 0.29) is 11.8 Å². The summed E-state index contributed by atoms with van der Waals surface area (Å²) >= 11 is 0. The highest BCUT2D eigenvalue weighted by Crippen LogP contribution is 2.24. The van der Waals surface area contributed by atoms with Gasteiger partial charge in [0.05, 0.1) is 5.56 Å². The van der Waals surface area contributed by atoms with Gasteiger partial charge >= 0.3 is 0 Å². The molecule has 0 atom stereocenters. The molecule has 0 spiro atoms. The van der Waals surface area contributed by atoms with Gasteiger partial charge in [-0.2, -0.15) is 4.98 Å². The minimum absolute atomic E-state index is 0.0153. The van der Waals surface area contributed by atoms with Crippen LogP contribution in [0.15, 0.2) is 47.4 Å². The van der Waals surface area contributed by atoms with Crippen molar-refractivity contribution in [2.45, 2.75) is 19.8 Å². The van der Waals surface area contributed by atoms with Crippen molar-refractivity contribution in [3.63, 3.8) is 0 Å². The fourth-order valence-electron chi connectivity index (χ4n) is 3.12. The van der Waals surface area contributed by atoms with Crippen LogP contribution in [-0.2, 0) is 0 Å². The van der Waals surface area contributed by atoms with Crippen LogP contribution in [0.4, 0.5) is 5.82 Å². The van der Waals surface area contributed by atoms with E-state index in [0.717, 1.165) is 11.4 Å². The zero-order valence-electron chi connectivity index (χ0n) is 15.9. The molecule has 1 saturated heterocycles. The first-order chi connectivity index (χ1) is 13.6.